The first kappa shape index (κ1) is 24.6. The molecule has 0 spiro atoms. The van der Waals surface area contributed by atoms with Crippen molar-refractivity contribution in [2.45, 2.75) is 56.8 Å². The Morgan fingerprint density at radius 1 is 1.00 bits per heavy atom. The predicted octanol–water partition coefficient (Wildman–Crippen LogP) is 1.71. The summed E-state index contributed by atoms with van der Waals surface area (Å²) in [5.41, 5.74) is 0.441. The molecule has 0 amide bonds. The first-order valence-electron chi connectivity index (χ1n) is 8.96. The Morgan fingerprint density at radius 3 is 2.26 bits per heavy atom. The van der Waals surface area contributed by atoms with Gasteiger partial charge >= 0.3 is 51.4 Å². The Kier molecular flexibility index (Phi) is 11.1. The molecular weight excluding hydrogens is 391 g/mol. The summed E-state index contributed by atoms with van der Waals surface area (Å²) in [5, 5.41) is 12.4. The van der Waals surface area contributed by atoms with Crippen molar-refractivity contribution in [2.24, 2.45) is 0 Å². The van der Waals surface area contributed by atoms with Crippen molar-refractivity contribution in [1.82, 2.24) is 0 Å². The van der Waals surface area contributed by atoms with Crippen molar-refractivity contribution < 1.29 is 74.2 Å². The maximum atomic E-state index is 12.4. The van der Waals surface area contributed by atoms with E-state index in [1.807, 2.05) is 6.07 Å². The van der Waals surface area contributed by atoms with Crippen molar-refractivity contribution in [1.29, 1.82) is 0 Å². The van der Waals surface area contributed by atoms with E-state index in [1.165, 1.54) is 25.3 Å². The van der Waals surface area contributed by atoms with E-state index < -0.39 is 20.8 Å². The molecule has 5 nitrogen and oxygen atoms in total. The van der Waals surface area contributed by atoms with Gasteiger partial charge in [-0.3, -0.25) is 4.55 Å². The van der Waals surface area contributed by atoms with Crippen molar-refractivity contribution >= 4 is 10.1 Å². The second-order valence-corrected chi connectivity index (χ2v) is 7.73. The van der Waals surface area contributed by atoms with Crippen LogP contribution in [0.1, 0.15) is 51.0 Å². The Morgan fingerprint density at radius 2 is 1.63 bits per heavy atom. The average molecular weight is 417 g/mol. The van der Waals surface area contributed by atoms with Gasteiger partial charge in [0.2, 0.25) is 0 Å². The van der Waals surface area contributed by atoms with Crippen LogP contribution in [0.5, 0.6) is 17.2 Å². The minimum absolute atomic E-state index is 0. The van der Waals surface area contributed by atoms with Crippen LogP contribution in [0.15, 0.2) is 47.4 Å². The van der Waals surface area contributed by atoms with Gasteiger partial charge in [0, 0.05) is 6.07 Å². The third-order valence-electron chi connectivity index (χ3n) is 4.19. The van der Waals surface area contributed by atoms with Crippen LogP contribution in [-0.2, 0) is 16.5 Å². The maximum Gasteiger partial charge on any atom is 1.00 e. The van der Waals surface area contributed by atoms with E-state index in [2.05, 4.69) is 6.92 Å². The number of ether oxygens (including phenoxy) is 1. The SMILES string of the molecule is CCCCCCCCc1c([O-])cc(S(=O)(=O)O)cc1Oc1ccccc1.[K+]. The van der Waals surface area contributed by atoms with E-state index in [-0.39, 0.29) is 57.1 Å². The van der Waals surface area contributed by atoms with Gasteiger partial charge in [0.15, 0.2) is 0 Å². The standard InChI is InChI=1S/C20H26O5S.K/c1-2-3-4-5-6-10-13-18-19(21)14-17(26(22,23)24)15-20(18)25-16-11-8-7-9-12-16;/h7-9,11-12,14-15,21H,2-6,10,13H2,1H3,(H,22,23,24);/q;+1/p-1. The van der Waals surface area contributed by atoms with Gasteiger partial charge in [0.1, 0.15) is 11.5 Å². The molecular formula is C20H25KO5S. The van der Waals surface area contributed by atoms with Gasteiger partial charge < -0.3 is 9.84 Å². The van der Waals surface area contributed by atoms with Crippen LogP contribution in [0.3, 0.4) is 0 Å². The summed E-state index contributed by atoms with van der Waals surface area (Å²) in [6.45, 7) is 2.16. The molecule has 27 heavy (non-hydrogen) atoms. The molecule has 2 aromatic rings. The summed E-state index contributed by atoms with van der Waals surface area (Å²) in [6.07, 6.45) is 7.02. The smallest absolute Gasteiger partial charge is 0.872 e. The molecule has 2 rings (SSSR count). The molecule has 7 heteroatoms. The van der Waals surface area contributed by atoms with Gasteiger partial charge in [-0.05, 0) is 36.6 Å². The zero-order valence-corrected chi connectivity index (χ0v) is 19.9. The largest absolute Gasteiger partial charge is 1.00 e. The van der Waals surface area contributed by atoms with Crippen LogP contribution in [-0.4, -0.2) is 13.0 Å². The molecule has 0 aliphatic heterocycles. The molecule has 0 unspecified atom stereocenters. The topological polar surface area (TPSA) is 86.7 Å². The molecule has 0 bridgehead atoms. The molecule has 0 saturated carbocycles. The van der Waals surface area contributed by atoms with E-state index in [4.69, 9.17) is 4.74 Å². The van der Waals surface area contributed by atoms with Crippen LogP contribution in [0.25, 0.3) is 0 Å². The molecule has 0 aromatic heterocycles. The Balaban J connectivity index is 0.00000364. The van der Waals surface area contributed by atoms with Crippen LogP contribution in [0.2, 0.25) is 0 Å². The monoisotopic (exact) mass is 416 g/mol. The quantitative estimate of drug-likeness (QED) is 0.362. The first-order chi connectivity index (χ1) is 12.4. The number of hydrogen-bond acceptors (Lipinski definition) is 4. The minimum Gasteiger partial charge on any atom is -0.872 e. The fraction of sp³-hybridized carbons (Fsp3) is 0.400. The molecule has 0 fully saturated rings. The van der Waals surface area contributed by atoms with E-state index in [9.17, 15) is 18.1 Å². The van der Waals surface area contributed by atoms with Gasteiger partial charge in [-0.25, -0.2) is 0 Å². The first-order valence-corrected chi connectivity index (χ1v) is 10.4. The van der Waals surface area contributed by atoms with Crippen molar-refractivity contribution in [2.75, 3.05) is 0 Å². The summed E-state index contributed by atoms with van der Waals surface area (Å²) in [7, 11) is -4.47. The third kappa shape index (κ3) is 8.23. The Bertz CT molecular complexity index is 807. The summed E-state index contributed by atoms with van der Waals surface area (Å²) in [4.78, 5) is -0.444. The van der Waals surface area contributed by atoms with Gasteiger partial charge in [-0.15, -0.1) is 5.75 Å². The van der Waals surface area contributed by atoms with Gasteiger partial charge in [0.25, 0.3) is 10.1 Å². The molecule has 2 aromatic carbocycles. The second kappa shape index (κ2) is 12.2. The van der Waals surface area contributed by atoms with E-state index in [0.717, 1.165) is 25.3 Å². The maximum absolute atomic E-state index is 12.4. The molecule has 0 heterocycles. The van der Waals surface area contributed by atoms with Crippen LogP contribution in [0, 0.1) is 0 Å². The molecule has 1 N–H and O–H groups in total. The van der Waals surface area contributed by atoms with E-state index in [0.29, 0.717) is 17.7 Å². The van der Waals surface area contributed by atoms with Crippen molar-refractivity contribution in [3.05, 3.63) is 48.0 Å². The molecule has 0 saturated heterocycles. The van der Waals surface area contributed by atoms with E-state index in [1.54, 1.807) is 24.3 Å². The molecule has 0 radical (unpaired) electrons. The predicted molar refractivity (Wildman–Crippen MR) is 99.3 cm³/mol. The summed E-state index contributed by atoms with van der Waals surface area (Å²) < 4.78 is 37.9. The second-order valence-electron chi connectivity index (χ2n) is 6.31. The van der Waals surface area contributed by atoms with Crippen molar-refractivity contribution in [3.8, 4) is 17.2 Å². The number of hydrogen-bond donors (Lipinski definition) is 1. The van der Waals surface area contributed by atoms with Gasteiger partial charge in [-0.2, -0.15) is 8.42 Å². The molecule has 0 aliphatic carbocycles. The van der Waals surface area contributed by atoms with E-state index >= 15 is 0 Å². The van der Waals surface area contributed by atoms with Crippen LogP contribution < -0.4 is 61.2 Å². The fourth-order valence-corrected chi connectivity index (χ4v) is 3.29. The Labute approximate surface area is 204 Å². The number of rotatable bonds is 10. The molecule has 0 atom stereocenters. The summed E-state index contributed by atoms with van der Waals surface area (Å²) >= 11 is 0. The summed E-state index contributed by atoms with van der Waals surface area (Å²) in [6, 6.07) is 11.0. The number of unbranched alkanes of at least 4 members (excludes halogenated alkanes) is 5. The van der Waals surface area contributed by atoms with Crippen molar-refractivity contribution in [3.63, 3.8) is 0 Å². The van der Waals surface area contributed by atoms with Gasteiger partial charge in [-0.1, -0.05) is 57.2 Å². The van der Waals surface area contributed by atoms with Gasteiger partial charge in [0.05, 0.1) is 4.90 Å². The minimum atomic E-state index is -4.47. The average Bonchev–Trinajstić information content (AvgIpc) is 2.59. The summed E-state index contributed by atoms with van der Waals surface area (Å²) in [5.74, 6) is 0.257. The Hall–Kier alpha value is -0.414. The molecule has 0 aliphatic rings. The normalized spacial score (nSPS) is 11.0. The fourth-order valence-electron chi connectivity index (χ4n) is 2.78. The zero-order chi connectivity index (χ0) is 19.0. The number of benzene rings is 2. The third-order valence-corrected chi connectivity index (χ3v) is 5.02. The molecule has 142 valence electrons. The zero-order valence-electron chi connectivity index (χ0n) is 16.0. The van der Waals surface area contributed by atoms with Crippen LogP contribution in [0.4, 0.5) is 0 Å². The number of para-hydroxylation sites is 1. The van der Waals surface area contributed by atoms with Crippen LogP contribution >= 0.6 is 0 Å².